The van der Waals surface area contributed by atoms with E-state index < -0.39 is 12.0 Å². The van der Waals surface area contributed by atoms with E-state index in [9.17, 15) is 19.2 Å². The van der Waals surface area contributed by atoms with Gasteiger partial charge in [-0.25, -0.2) is 4.79 Å². The number of aryl methyl sites for hydroxylation is 1. The summed E-state index contributed by atoms with van der Waals surface area (Å²) in [4.78, 5) is 49.4. The first-order chi connectivity index (χ1) is 17.2. The SMILES string of the molecule is COc1cc(CC(=O)NCC(=O)N(CCCCl)CCC(=O)O)ccc1NC(=O)Nc1ccccc1C. The van der Waals surface area contributed by atoms with E-state index in [1.54, 1.807) is 24.3 Å². The second-order valence-electron chi connectivity index (χ2n) is 7.95. The summed E-state index contributed by atoms with van der Waals surface area (Å²) >= 11 is 5.68. The van der Waals surface area contributed by atoms with Crippen LogP contribution in [0.5, 0.6) is 5.75 Å². The molecule has 0 atom stereocenters. The van der Waals surface area contributed by atoms with Crippen molar-refractivity contribution in [2.45, 2.75) is 26.2 Å². The summed E-state index contributed by atoms with van der Waals surface area (Å²) in [5.74, 6) is -1.08. The third kappa shape index (κ3) is 9.46. The third-order valence-corrected chi connectivity index (χ3v) is 5.49. The molecule has 0 aliphatic rings. The Kier molecular flexibility index (Phi) is 11.5. The largest absolute Gasteiger partial charge is 0.495 e. The number of alkyl halides is 1. The summed E-state index contributed by atoms with van der Waals surface area (Å²) < 4.78 is 5.36. The average molecular weight is 519 g/mol. The number of carboxylic acid groups (broad SMARTS) is 1. The zero-order valence-corrected chi connectivity index (χ0v) is 21.1. The number of aliphatic carboxylic acids is 1. The Labute approximate surface area is 214 Å². The predicted molar refractivity (Wildman–Crippen MR) is 138 cm³/mol. The number of amides is 4. The molecule has 0 aliphatic carbocycles. The molecule has 0 radical (unpaired) electrons. The molecule has 10 nitrogen and oxygen atoms in total. The molecule has 2 aromatic rings. The van der Waals surface area contributed by atoms with Gasteiger partial charge in [0.2, 0.25) is 11.8 Å². The molecule has 0 saturated heterocycles. The van der Waals surface area contributed by atoms with Gasteiger partial charge in [0.15, 0.2) is 0 Å². The highest BCUT2D eigenvalue weighted by Gasteiger charge is 2.16. The number of urea groups is 1. The van der Waals surface area contributed by atoms with E-state index in [4.69, 9.17) is 21.4 Å². The summed E-state index contributed by atoms with van der Waals surface area (Å²) in [7, 11) is 1.45. The molecule has 4 N–H and O–H groups in total. The second-order valence-corrected chi connectivity index (χ2v) is 8.33. The first-order valence-electron chi connectivity index (χ1n) is 11.4. The van der Waals surface area contributed by atoms with Crippen LogP contribution in [0.2, 0.25) is 0 Å². The summed E-state index contributed by atoms with van der Waals surface area (Å²) in [5.41, 5.74) is 2.65. The van der Waals surface area contributed by atoms with Gasteiger partial charge in [0.05, 0.1) is 32.2 Å². The number of para-hydroxylation sites is 1. The van der Waals surface area contributed by atoms with Crippen molar-refractivity contribution in [1.82, 2.24) is 10.2 Å². The molecule has 0 aromatic heterocycles. The fraction of sp³-hybridized carbons (Fsp3) is 0.360. The van der Waals surface area contributed by atoms with Gasteiger partial charge in [-0.05, 0) is 42.7 Å². The number of carbonyl (C=O) groups is 4. The predicted octanol–water partition coefficient (Wildman–Crippen LogP) is 3.24. The first kappa shape index (κ1) is 28.4. The smallest absolute Gasteiger partial charge is 0.323 e. The topological polar surface area (TPSA) is 137 Å². The lowest BCUT2D eigenvalue weighted by atomic mass is 10.1. The van der Waals surface area contributed by atoms with Crippen molar-refractivity contribution < 1.29 is 29.0 Å². The number of rotatable bonds is 13. The molecule has 4 amide bonds. The van der Waals surface area contributed by atoms with Gasteiger partial charge in [-0.2, -0.15) is 0 Å². The zero-order valence-electron chi connectivity index (χ0n) is 20.3. The molecule has 11 heteroatoms. The molecule has 0 saturated carbocycles. The monoisotopic (exact) mass is 518 g/mol. The summed E-state index contributed by atoms with van der Waals surface area (Å²) in [5, 5.41) is 16.9. The molecule has 0 bridgehead atoms. The van der Waals surface area contributed by atoms with Crippen LogP contribution in [-0.2, 0) is 20.8 Å². The number of methoxy groups -OCH3 is 1. The van der Waals surface area contributed by atoms with Crippen LogP contribution in [0.25, 0.3) is 0 Å². The first-order valence-corrected chi connectivity index (χ1v) is 11.9. The number of halogens is 1. The van der Waals surface area contributed by atoms with Gasteiger partial charge in [-0.3, -0.25) is 14.4 Å². The van der Waals surface area contributed by atoms with Crippen LogP contribution >= 0.6 is 11.6 Å². The van der Waals surface area contributed by atoms with Crippen LogP contribution in [0.4, 0.5) is 16.2 Å². The minimum Gasteiger partial charge on any atom is -0.495 e. The van der Waals surface area contributed by atoms with Crippen LogP contribution in [0.15, 0.2) is 42.5 Å². The molecule has 0 unspecified atom stereocenters. The van der Waals surface area contributed by atoms with Gasteiger partial charge in [0.1, 0.15) is 5.75 Å². The van der Waals surface area contributed by atoms with Crippen LogP contribution in [-0.4, -0.2) is 66.4 Å². The van der Waals surface area contributed by atoms with Crippen molar-refractivity contribution in [2.24, 2.45) is 0 Å². The van der Waals surface area contributed by atoms with Crippen molar-refractivity contribution in [2.75, 3.05) is 43.3 Å². The Hall–Kier alpha value is -3.79. The number of carbonyl (C=O) groups excluding carboxylic acids is 3. The Morgan fingerprint density at radius 2 is 1.75 bits per heavy atom. The van der Waals surface area contributed by atoms with Crippen LogP contribution < -0.4 is 20.7 Å². The number of carboxylic acids is 1. The van der Waals surface area contributed by atoms with Crippen molar-refractivity contribution in [3.8, 4) is 5.75 Å². The van der Waals surface area contributed by atoms with Gasteiger partial charge in [-0.1, -0.05) is 24.3 Å². The fourth-order valence-corrected chi connectivity index (χ4v) is 3.43. The summed E-state index contributed by atoms with van der Waals surface area (Å²) in [6, 6.07) is 11.9. The number of benzene rings is 2. The van der Waals surface area contributed by atoms with Gasteiger partial charge >= 0.3 is 12.0 Å². The summed E-state index contributed by atoms with van der Waals surface area (Å²) in [6.45, 7) is 1.99. The van der Waals surface area contributed by atoms with Crippen molar-refractivity contribution in [1.29, 1.82) is 0 Å². The minimum absolute atomic E-state index is 0.0177. The maximum Gasteiger partial charge on any atom is 0.323 e. The minimum atomic E-state index is -1.01. The fourth-order valence-electron chi connectivity index (χ4n) is 3.31. The van der Waals surface area contributed by atoms with E-state index >= 15 is 0 Å². The maximum atomic E-state index is 12.4. The number of anilines is 2. The molecule has 2 rings (SSSR count). The molecule has 2 aromatic carbocycles. The highest BCUT2D eigenvalue weighted by molar-refractivity contribution is 6.17. The second kappa shape index (κ2) is 14.6. The Bertz CT molecular complexity index is 1080. The number of ether oxygens (including phenoxy) is 1. The molecular weight excluding hydrogens is 488 g/mol. The number of nitrogens with zero attached hydrogens (tertiary/aromatic N) is 1. The number of hydrogen-bond acceptors (Lipinski definition) is 5. The lowest BCUT2D eigenvalue weighted by Crippen LogP contribution is -2.42. The van der Waals surface area contributed by atoms with Crippen LogP contribution in [0, 0.1) is 6.92 Å². The Morgan fingerprint density at radius 1 is 1.03 bits per heavy atom. The van der Waals surface area contributed by atoms with Crippen molar-refractivity contribution in [3.05, 3.63) is 53.6 Å². The highest BCUT2D eigenvalue weighted by atomic mass is 35.5. The van der Waals surface area contributed by atoms with Crippen molar-refractivity contribution in [3.63, 3.8) is 0 Å². The standard InChI is InChI=1S/C25H31ClN4O6/c1-17-6-3-4-7-19(17)28-25(35)29-20-9-8-18(14-21(20)36-2)15-22(31)27-16-23(32)30(12-5-11-26)13-10-24(33)34/h3-4,6-9,14H,5,10-13,15-16H2,1-2H3,(H,27,31)(H,33,34)(H2,28,29,35). The number of nitrogens with one attached hydrogen (secondary N) is 3. The molecule has 36 heavy (non-hydrogen) atoms. The molecular formula is C25H31ClN4O6. The maximum absolute atomic E-state index is 12.4. The van der Waals surface area contributed by atoms with E-state index in [2.05, 4.69) is 16.0 Å². The molecule has 0 heterocycles. The van der Waals surface area contributed by atoms with E-state index in [1.165, 1.54) is 12.0 Å². The molecule has 0 aliphatic heterocycles. The molecule has 194 valence electrons. The van der Waals surface area contributed by atoms with Gasteiger partial charge < -0.3 is 30.7 Å². The third-order valence-electron chi connectivity index (χ3n) is 5.22. The van der Waals surface area contributed by atoms with E-state index in [-0.39, 0.29) is 37.7 Å². The van der Waals surface area contributed by atoms with E-state index in [0.717, 1.165) is 5.56 Å². The summed E-state index contributed by atoms with van der Waals surface area (Å²) in [6.07, 6.45) is 0.311. The van der Waals surface area contributed by atoms with Gasteiger partial charge in [0.25, 0.3) is 0 Å². The van der Waals surface area contributed by atoms with Gasteiger partial charge in [-0.15, -0.1) is 11.6 Å². The van der Waals surface area contributed by atoms with E-state index in [1.807, 2.05) is 25.1 Å². The Morgan fingerprint density at radius 3 is 2.42 bits per heavy atom. The van der Waals surface area contributed by atoms with Gasteiger partial charge in [0, 0.05) is 24.7 Å². The Balaban J connectivity index is 1.93. The van der Waals surface area contributed by atoms with E-state index in [0.29, 0.717) is 41.5 Å². The molecule has 0 spiro atoms. The lowest BCUT2D eigenvalue weighted by Gasteiger charge is -2.21. The highest BCUT2D eigenvalue weighted by Crippen LogP contribution is 2.26. The lowest BCUT2D eigenvalue weighted by molar-refractivity contribution is -0.139. The number of hydrogen-bond donors (Lipinski definition) is 4. The quantitative estimate of drug-likeness (QED) is 0.300. The normalized spacial score (nSPS) is 10.3. The van der Waals surface area contributed by atoms with Crippen molar-refractivity contribution >= 4 is 46.8 Å². The average Bonchev–Trinajstić information content (AvgIpc) is 2.84. The van der Waals surface area contributed by atoms with Crippen LogP contribution in [0.1, 0.15) is 24.0 Å². The van der Waals surface area contributed by atoms with Crippen LogP contribution in [0.3, 0.4) is 0 Å². The molecule has 0 fully saturated rings. The zero-order chi connectivity index (χ0) is 26.5.